The van der Waals surface area contributed by atoms with E-state index < -0.39 is 26.6 Å². The molecule has 2 rings (SSSR count). The first-order chi connectivity index (χ1) is 10.2. The van der Waals surface area contributed by atoms with Gasteiger partial charge in [-0.15, -0.1) is 0 Å². The average molecular weight is 341 g/mol. The molecule has 0 aliphatic rings. The highest BCUT2D eigenvalue weighted by atomic mass is 35.5. The Labute approximate surface area is 132 Å². The van der Waals surface area contributed by atoms with E-state index in [4.69, 9.17) is 22.5 Å². The van der Waals surface area contributed by atoms with Crippen LogP contribution in [-0.4, -0.2) is 19.5 Å². The van der Waals surface area contributed by atoms with Gasteiger partial charge in [0.25, 0.3) is 0 Å². The van der Waals surface area contributed by atoms with Crippen molar-refractivity contribution < 1.29 is 18.3 Å². The number of primary sulfonamides is 1. The molecule has 5 N–H and O–H groups in total. The fourth-order valence-electron chi connectivity index (χ4n) is 2.20. The highest BCUT2D eigenvalue weighted by molar-refractivity contribution is 7.89. The van der Waals surface area contributed by atoms with Gasteiger partial charge in [-0.05, 0) is 23.6 Å². The minimum absolute atomic E-state index is 0.198. The van der Waals surface area contributed by atoms with Crippen LogP contribution >= 0.6 is 11.6 Å². The van der Waals surface area contributed by atoms with Gasteiger partial charge in [0, 0.05) is 0 Å². The fraction of sp³-hybridized carbons (Fsp3) is 0.0714. The van der Waals surface area contributed by atoms with E-state index in [1.165, 1.54) is 6.07 Å². The summed E-state index contributed by atoms with van der Waals surface area (Å²) in [6.07, 6.45) is 0.247. The normalized spacial score (nSPS) is 11.4. The number of carboxylic acids is 1. The van der Waals surface area contributed by atoms with Gasteiger partial charge >= 0.3 is 5.97 Å². The van der Waals surface area contributed by atoms with Crippen LogP contribution in [0.3, 0.4) is 0 Å². The molecule has 0 radical (unpaired) electrons. The number of rotatable bonds is 4. The number of nitrogens with two attached hydrogens (primary N) is 2. The molecule has 22 heavy (non-hydrogen) atoms. The summed E-state index contributed by atoms with van der Waals surface area (Å²) in [4.78, 5) is 10.9. The zero-order valence-corrected chi connectivity index (χ0v) is 12.9. The van der Waals surface area contributed by atoms with E-state index in [2.05, 4.69) is 0 Å². The molecule has 0 fully saturated rings. The van der Waals surface area contributed by atoms with Crippen LogP contribution in [0.1, 0.15) is 21.5 Å². The van der Waals surface area contributed by atoms with Crippen molar-refractivity contribution in [3.63, 3.8) is 0 Å². The molecule has 116 valence electrons. The van der Waals surface area contributed by atoms with Crippen LogP contribution in [0.2, 0.25) is 5.02 Å². The van der Waals surface area contributed by atoms with Gasteiger partial charge in [-0.25, -0.2) is 18.4 Å². The zero-order chi connectivity index (χ0) is 16.5. The molecule has 0 unspecified atom stereocenters. The Hall–Kier alpha value is -2.09. The first-order valence-corrected chi connectivity index (χ1v) is 8.05. The predicted molar refractivity (Wildman–Crippen MR) is 83.4 cm³/mol. The van der Waals surface area contributed by atoms with Gasteiger partial charge in [0.15, 0.2) is 0 Å². The second-order valence-corrected chi connectivity index (χ2v) is 6.55. The Morgan fingerprint density at radius 3 is 2.32 bits per heavy atom. The molecule has 0 atom stereocenters. The maximum absolute atomic E-state index is 11.5. The molecule has 0 bridgehead atoms. The molecule has 0 heterocycles. The summed E-state index contributed by atoms with van der Waals surface area (Å²) in [6, 6.07) is 10.3. The van der Waals surface area contributed by atoms with Gasteiger partial charge in [-0.2, -0.15) is 0 Å². The Balaban J connectivity index is 2.68. The first kappa shape index (κ1) is 16.3. The van der Waals surface area contributed by atoms with Crippen LogP contribution in [0.4, 0.5) is 5.69 Å². The Morgan fingerprint density at radius 1 is 1.23 bits per heavy atom. The van der Waals surface area contributed by atoms with Gasteiger partial charge in [0.1, 0.15) is 4.90 Å². The summed E-state index contributed by atoms with van der Waals surface area (Å²) in [5, 5.41) is 14.2. The van der Waals surface area contributed by atoms with Gasteiger partial charge in [-0.3, -0.25) is 0 Å². The largest absolute Gasteiger partial charge is 0.478 e. The number of hydrogen-bond donors (Lipinski definition) is 3. The molecule has 6 nitrogen and oxygen atoms in total. The second-order valence-electron chi connectivity index (χ2n) is 4.65. The Kier molecular flexibility index (Phi) is 4.41. The second kappa shape index (κ2) is 5.96. The monoisotopic (exact) mass is 340 g/mol. The molecule has 0 saturated carbocycles. The van der Waals surface area contributed by atoms with E-state index in [1.54, 1.807) is 12.1 Å². The standard InChI is InChI=1S/C14H13ClN2O4S/c15-10-7-9(6-8-4-2-1-3-5-8)11(14(18)19)12(16)13(10)22(17,20)21/h1-5,7H,6,16H2,(H,18,19)(H2,17,20,21). The minimum atomic E-state index is -4.23. The SMILES string of the molecule is Nc1c(C(=O)O)c(Cc2ccccc2)cc(Cl)c1S(N)(=O)=O. The summed E-state index contributed by atoms with van der Waals surface area (Å²) in [7, 11) is -4.23. The number of carboxylic acid groups (broad SMARTS) is 1. The number of sulfonamides is 1. The van der Waals surface area contributed by atoms with Crippen LogP contribution in [0, 0.1) is 0 Å². The number of hydrogen-bond acceptors (Lipinski definition) is 4. The van der Waals surface area contributed by atoms with E-state index >= 15 is 0 Å². The van der Waals surface area contributed by atoms with E-state index in [9.17, 15) is 18.3 Å². The average Bonchev–Trinajstić information content (AvgIpc) is 2.36. The third-order valence-corrected chi connectivity index (χ3v) is 4.51. The number of anilines is 1. The molecule has 0 aliphatic heterocycles. The molecule has 0 spiro atoms. The topological polar surface area (TPSA) is 123 Å². The van der Waals surface area contributed by atoms with Crippen LogP contribution in [0.15, 0.2) is 41.3 Å². The molecule has 2 aromatic rings. The summed E-state index contributed by atoms with van der Waals surface area (Å²) < 4.78 is 23.1. The maximum Gasteiger partial charge on any atom is 0.338 e. The predicted octanol–water partition coefficient (Wildman–Crippen LogP) is 1.86. The molecule has 0 saturated heterocycles. The maximum atomic E-state index is 11.5. The molecule has 0 aliphatic carbocycles. The zero-order valence-electron chi connectivity index (χ0n) is 11.3. The Morgan fingerprint density at radius 2 is 1.82 bits per heavy atom. The smallest absolute Gasteiger partial charge is 0.338 e. The summed E-state index contributed by atoms with van der Waals surface area (Å²) in [5.74, 6) is -1.34. The lowest BCUT2D eigenvalue weighted by Gasteiger charge is -2.14. The lowest BCUT2D eigenvalue weighted by molar-refractivity contribution is 0.0697. The van der Waals surface area contributed by atoms with Crippen molar-refractivity contribution in [2.45, 2.75) is 11.3 Å². The Bertz CT molecular complexity index is 836. The minimum Gasteiger partial charge on any atom is -0.478 e. The summed E-state index contributed by atoms with van der Waals surface area (Å²) >= 11 is 5.93. The number of aromatic carboxylic acids is 1. The molecular formula is C14H13ClN2O4S. The summed E-state index contributed by atoms with van der Waals surface area (Å²) in [5.41, 5.74) is 6.09. The van der Waals surface area contributed by atoms with Crippen molar-refractivity contribution in [2.24, 2.45) is 5.14 Å². The van der Waals surface area contributed by atoms with Crippen LogP contribution in [-0.2, 0) is 16.4 Å². The highest BCUT2D eigenvalue weighted by Crippen LogP contribution is 2.33. The van der Waals surface area contributed by atoms with Crippen LogP contribution in [0.5, 0.6) is 0 Å². The first-order valence-electron chi connectivity index (χ1n) is 6.12. The number of halogens is 1. The number of nitrogen functional groups attached to an aromatic ring is 1. The third kappa shape index (κ3) is 3.22. The van der Waals surface area contributed by atoms with Crippen molar-refractivity contribution in [3.05, 3.63) is 58.1 Å². The number of carbonyl (C=O) groups is 1. The summed E-state index contributed by atoms with van der Waals surface area (Å²) in [6.45, 7) is 0. The van der Waals surface area contributed by atoms with Crippen molar-refractivity contribution in [1.29, 1.82) is 0 Å². The van der Waals surface area contributed by atoms with E-state index in [1.807, 2.05) is 18.2 Å². The van der Waals surface area contributed by atoms with E-state index in [0.29, 0.717) is 5.56 Å². The molecule has 8 heteroatoms. The van der Waals surface area contributed by atoms with Gasteiger partial charge in [-0.1, -0.05) is 41.9 Å². The lowest BCUT2D eigenvalue weighted by atomic mass is 9.98. The van der Waals surface area contributed by atoms with Gasteiger partial charge in [0.2, 0.25) is 10.0 Å². The van der Waals surface area contributed by atoms with Crippen molar-refractivity contribution >= 4 is 33.3 Å². The highest BCUT2D eigenvalue weighted by Gasteiger charge is 2.25. The van der Waals surface area contributed by atoms with Gasteiger partial charge < -0.3 is 10.8 Å². The van der Waals surface area contributed by atoms with E-state index in [0.717, 1.165) is 5.56 Å². The van der Waals surface area contributed by atoms with E-state index in [-0.39, 0.29) is 17.0 Å². The lowest BCUT2D eigenvalue weighted by Crippen LogP contribution is -2.18. The van der Waals surface area contributed by atoms with Gasteiger partial charge in [0.05, 0.1) is 16.3 Å². The molecular weight excluding hydrogens is 328 g/mol. The van der Waals surface area contributed by atoms with Crippen molar-refractivity contribution in [1.82, 2.24) is 0 Å². The molecule has 2 aromatic carbocycles. The van der Waals surface area contributed by atoms with Crippen LogP contribution in [0.25, 0.3) is 0 Å². The molecule has 0 aromatic heterocycles. The number of benzene rings is 2. The fourth-order valence-corrected chi connectivity index (χ4v) is 3.50. The third-order valence-electron chi connectivity index (χ3n) is 3.09. The van der Waals surface area contributed by atoms with Crippen molar-refractivity contribution in [2.75, 3.05) is 5.73 Å². The quantitative estimate of drug-likeness (QED) is 0.733. The van der Waals surface area contributed by atoms with Crippen molar-refractivity contribution in [3.8, 4) is 0 Å². The molecule has 0 amide bonds. The van der Waals surface area contributed by atoms with Crippen LogP contribution < -0.4 is 10.9 Å².